The number of nitrogens with zero attached hydrogens (tertiary/aromatic N) is 3. The summed E-state index contributed by atoms with van der Waals surface area (Å²) in [5, 5.41) is 16.7. The number of hydrogen-bond donors (Lipinski definition) is 1. The van der Waals surface area contributed by atoms with Gasteiger partial charge in [-0.2, -0.15) is 10.4 Å². The maximum atomic E-state index is 12.7. The van der Waals surface area contributed by atoms with Gasteiger partial charge < -0.3 is 5.32 Å². The van der Waals surface area contributed by atoms with Gasteiger partial charge in [0, 0.05) is 28.6 Å². The molecule has 0 unspecified atom stereocenters. The van der Waals surface area contributed by atoms with Crippen molar-refractivity contribution >= 4 is 17.7 Å². The van der Waals surface area contributed by atoms with Gasteiger partial charge in [-0.05, 0) is 50.6 Å². The van der Waals surface area contributed by atoms with Crippen molar-refractivity contribution in [3.8, 4) is 6.07 Å². The fraction of sp³-hybridized carbons (Fsp3) is 0.227. The van der Waals surface area contributed by atoms with Gasteiger partial charge in [-0.1, -0.05) is 36.0 Å². The fourth-order valence-corrected chi connectivity index (χ4v) is 3.96. The van der Waals surface area contributed by atoms with Gasteiger partial charge in [0.05, 0.1) is 16.8 Å². The first-order valence-electron chi connectivity index (χ1n) is 9.14. The maximum Gasteiger partial charge on any atom is 0.252 e. The molecule has 0 aliphatic carbocycles. The summed E-state index contributed by atoms with van der Waals surface area (Å²) in [4.78, 5) is 14.4. The highest BCUT2D eigenvalue weighted by atomic mass is 32.2. The molecule has 3 rings (SSSR count). The Bertz CT molecular complexity index is 1020. The topological polar surface area (TPSA) is 70.7 Å². The quantitative estimate of drug-likeness (QED) is 0.609. The van der Waals surface area contributed by atoms with E-state index in [-0.39, 0.29) is 5.91 Å². The Morgan fingerprint density at radius 2 is 1.86 bits per heavy atom. The van der Waals surface area contributed by atoms with Crippen LogP contribution in [0.25, 0.3) is 0 Å². The van der Waals surface area contributed by atoms with Crippen molar-refractivity contribution in [2.45, 2.75) is 36.6 Å². The number of aromatic nitrogens is 2. The molecule has 1 heterocycles. The number of rotatable bonds is 7. The summed E-state index contributed by atoms with van der Waals surface area (Å²) in [5.74, 6) is -0.106. The number of carbonyl (C=O) groups is 1. The second-order valence-corrected chi connectivity index (χ2v) is 7.55. The minimum absolute atomic E-state index is 0.106. The van der Waals surface area contributed by atoms with Crippen LogP contribution in [0.5, 0.6) is 0 Å². The van der Waals surface area contributed by atoms with Crippen LogP contribution in [0.4, 0.5) is 0 Å². The fourth-order valence-electron chi connectivity index (χ4n) is 2.94. The molecule has 0 bridgehead atoms. The van der Waals surface area contributed by atoms with Crippen molar-refractivity contribution < 1.29 is 4.79 Å². The van der Waals surface area contributed by atoms with Crippen LogP contribution in [0.2, 0.25) is 0 Å². The Kier molecular flexibility index (Phi) is 6.51. The third-order valence-electron chi connectivity index (χ3n) is 4.29. The minimum atomic E-state index is -0.106. The highest BCUT2D eigenvalue weighted by molar-refractivity contribution is 7.99. The van der Waals surface area contributed by atoms with Crippen LogP contribution in [0.15, 0.2) is 64.4 Å². The predicted molar refractivity (Wildman–Crippen MR) is 110 cm³/mol. The number of carbonyl (C=O) groups excluding carboxylic acids is 1. The molecular formula is C22H22N4OS. The summed E-state index contributed by atoms with van der Waals surface area (Å²) in [6, 6.07) is 19.1. The summed E-state index contributed by atoms with van der Waals surface area (Å²) in [6.07, 6.45) is 0.806. The van der Waals surface area contributed by atoms with Crippen LogP contribution in [0.1, 0.15) is 33.7 Å². The van der Waals surface area contributed by atoms with E-state index in [2.05, 4.69) is 16.5 Å². The van der Waals surface area contributed by atoms with Gasteiger partial charge in [0.15, 0.2) is 0 Å². The van der Waals surface area contributed by atoms with Crippen LogP contribution in [0, 0.1) is 25.2 Å². The van der Waals surface area contributed by atoms with Crippen molar-refractivity contribution in [3.05, 3.63) is 77.1 Å². The highest BCUT2D eigenvalue weighted by Crippen LogP contribution is 2.32. The second kappa shape index (κ2) is 9.25. The van der Waals surface area contributed by atoms with Crippen LogP contribution < -0.4 is 5.32 Å². The molecule has 0 fully saturated rings. The van der Waals surface area contributed by atoms with E-state index < -0.39 is 0 Å². The molecule has 3 aromatic rings. The molecule has 1 amide bonds. The zero-order valence-electron chi connectivity index (χ0n) is 16.0. The van der Waals surface area contributed by atoms with Crippen molar-refractivity contribution in [1.82, 2.24) is 15.1 Å². The molecule has 142 valence electrons. The van der Waals surface area contributed by atoms with E-state index in [9.17, 15) is 10.1 Å². The standard InChI is InChI=1S/C22H22N4OS/c1-16-14-17(2)26(25-16)13-7-12-24-22(27)19-9-4-6-11-21(19)28-20-10-5-3-8-18(20)15-23/h3-6,8-11,14H,7,12-13H2,1-2H3,(H,24,27). The lowest BCUT2D eigenvalue weighted by atomic mass is 10.2. The zero-order valence-corrected chi connectivity index (χ0v) is 16.8. The van der Waals surface area contributed by atoms with E-state index in [0.29, 0.717) is 17.7 Å². The first kappa shape index (κ1) is 19.7. The Morgan fingerprint density at radius 3 is 2.57 bits per heavy atom. The molecule has 0 aliphatic rings. The van der Waals surface area contributed by atoms with Gasteiger partial charge in [-0.15, -0.1) is 0 Å². The zero-order chi connectivity index (χ0) is 19.9. The Morgan fingerprint density at radius 1 is 1.14 bits per heavy atom. The van der Waals surface area contributed by atoms with E-state index >= 15 is 0 Å². The number of nitrogens with one attached hydrogen (secondary N) is 1. The van der Waals surface area contributed by atoms with Gasteiger partial charge in [0.2, 0.25) is 0 Å². The summed E-state index contributed by atoms with van der Waals surface area (Å²) < 4.78 is 1.96. The third kappa shape index (κ3) is 4.81. The number of hydrogen-bond acceptors (Lipinski definition) is 4. The van der Waals surface area contributed by atoms with Crippen molar-refractivity contribution in [3.63, 3.8) is 0 Å². The molecular weight excluding hydrogens is 368 g/mol. The van der Waals surface area contributed by atoms with Gasteiger partial charge in [-0.3, -0.25) is 9.48 Å². The van der Waals surface area contributed by atoms with E-state index in [0.717, 1.165) is 34.1 Å². The smallest absolute Gasteiger partial charge is 0.252 e. The minimum Gasteiger partial charge on any atom is -0.352 e. The summed E-state index contributed by atoms with van der Waals surface area (Å²) in [5.41, 5.74) is 3.35. The molecule has 2 aromatic carbocycles. The summed E-state index contributed by atoms with van der Waals surface area (Å²) in [6.45, 7) is 5.35. The monoisotopic (exact) mass is 390 g/mol. The average Bonchev–Trinajstić information content (AvgIpc) is 3.03. The molecule has 0 radical (unpaired) electrons. The Labute approximate surface area is 169 Å². The number of aryl methyl sites for hydroxylation is 3. The largest absolute Gasteiger partial charge is 0.352 e. The van der Waals surface area contributed by atoms with Gasteiger partial charge >= 0.3 is 0 Å². The van der Waals surface area contributed by atoms with Crippen molar-refractivity contribution in [2.24, 2.45) is 0 Å². The predicted octanol–water partition coefficient (Wildman–Crippen LogP) is 4.34. The normalized spacial score (nSPS) is 10.5. The van der Waals surface area contributed by atoms with Crippen LogP contribution in [0.3, 0.4) is 0 Å². The molecule has 6 heteroatoms. The van der Waals surface area contributed by atoms with Gasteiger partial charge in [0.25, 0.3) is 5.91 Å². The van der Waals surface area contributed by atoms with Crippen LogP contribution >= 0.6 is 11.8 Å². The highest BCUT2D eigenvalue weighted by Gasteiger charge is 2.13. The molecule has 28 heavy (non-hydrogen) atoms. The third-order valence-corrected chi connectivity index (χ3v) is 5.45. The molecule has 0 aliphatic heterocycles. The number of amides is 1. The lowest BCUT2D eigenvalue weighted by Gasteiger charge is -2.11. The van der Waals surface area contributed by atoms with E-state index in [1.54, 1.807) is 6.07 Å². The SMILES string of the molecule is Cc1cc(C)n(CCCNC(=O)c2ccccc2Sc2ccccc2C#N)n1. The van der Waals surface area contributed by atoms with E-state index in [1.807, 2.05) is 67.1 Å². The van der Waals surface area contributed by atoms with Crippen LogP contribution in [-0.2, 0) is 6.54 Å². The Hall–Kier alpha value is -3.04. The molecule has 1 aromatic heterocycles. The summed E-state index contributed by atoms with van der Waals surface area (Å²) >= 11 is 1.44. The van der Waals surface area contributed by atoms with Gasteiger partial charge in [-0.25, -0.2) is 0 Å². The summed E-state index contributed by atoms with van der Waals surface area (Å²) in [7, 11) is 0. The maximum absolute atomic E-state index is 12.7. The number of nitriles is 1. The molecule has 1 N–H and O–H groups in total. The molecule has 0 atom stereocenters. The molecule has 0 saturated heterocycles. The van der Waals surface area contributed by atoms with Crippen molar-refractivity contribution in [1.29, 1.82) is 5.26 Å². The Balaban J connectivity index is 1.62. The molecule has 0 spiro atoms. The number of benzene rings is 2. The first-order chi connectivity index (χ1) is 13.6. The first-order valence-corrected chi connectivity index (χ1v) is 9.95. The lowest BCUT2D eigenvalue weighted by Crippen LogP contribution is -2.26. The van der Waals surface area contributed by atoms with Crippen LogP contribution in [-0.4, -0.2) is 22.2 Å². The molecule has 5 nitrogen and oxygen atoms in total. The van der Waals surface area contributed by atoms with Crippen molar-refractivity contribution in [2.75, 3.05) is 6.54 Å². The average molecular weight is 391 g/mol. The van der Waals surface area contributed by atoms with E-state index in [4.69, 9.17) is 0 Å². The van der Waals surface area contributed by atoms with E-state index in [1.165, 1.54) is 11.8 Å². The molecule has 0 saturated carbocycles. The second-order valence-electron chi connectivity index (χ2n) is 6.47. The van der Waals surface area contributed by atoms with Gasteiger partial charge in [0.1, 0.15) is 6.07 Å². The lowest BCUT2D eigenvalue weighted by molar-refractivity contribution is 0.0949.